The number of nitrogens with one attached hydrogen (secondary N) is 2. The SMILES string of the molecule is COc1ccc(-c2csc(NC(=O)C(Sc3cccc(NC(=O)c4ccccc4C)c3)c3ccccc3)n2)cc1OC. The fraction of sp³-hybridized carbons (Fsp3) is 0.121. The summed E-state index contributed by atoms with van der Waals surface area (Å²) in [6, 6.07) is 30.1. The van der Waals surface area contributed by atoms with Crippen molar-refractivity contribution in [2.24, 2.45) is 0 Å². The van der Waals surface area contributed by atoms with Crippen molar-refractivity contribution in [3.05, 3.63) is 119 Å². The van der Waals surface area contributed by atoms with Gasteiger partial charge in [-0.2, -0.15) is 0 Å². The van der Waals surface area contributed by atoms with Gasteiger partial charge in [0.25, 0.3) is 5.91 Å². The minimum absolute atomic E-state index is 0.179. The van der Waals surface area contributed by atoms with Crippen LogP contribution in [0.15, 0.2) is 107 Å². The van der Waals surface area contributed by atoms with Gasteiger partial charge in [0, 0.05) is 27.1 Å². The van der Waals surface area contributed by atoms with Crippen LogP contribution in [0.2, 0.25) is 0 Å². The molecular weight excluding hydrogens is 567 g/mol. The Morgan fingerprint density at radius 3 is 2.36 bits per heavy atom. The van der Waals surface area contributed by atoms with Crippen molar-refractivity contribution in [2.75, 3.05) is 24.9 Å². The van der Waals surface area contributed by atoms with Crippen molar-refractivity contribution in [1.29, 1.82) is 0 Å². The van der Waals surface area contributed by atoms with Crippen LogP contribution in [0.1, 0.15) is 26.7 Å². The number of aryl methyl sites for hydroxylation is 1. The van der Waals surface area contributed by atoms with Crippen LogP contribution in [0, 0.1) is 6.92 Å². The zero-order valence-electron chi connectivity index (χ0n) is 23.3. The van der Waals surface area contributed by atoms with Gasteiger partial charge in [0.1, 0.15) is 5.25 Å². The Hall–Kier alpha value is -4.60. The fourth-order valence-electron chi connectivity index (χ4n) is 4.34. The van der Waals surface area contributed by atoms with E-state index in [0.717, 1.165) is 27.3 Å². The normalized spacial score (nSPS) is 11.4. The highest BCUT2D eigenvalue weighted by Crippen LogP contribution is 2.38. The molecule has 0 aliphatic rings. The number of nitrogens with zero attached hydrogens (tertiary/aromatic N) is 1. The maximum atomic E-state index is 13.7. The van der Waals surface area contributed by atoms with Gasteiger partial charge in [-0.25, -0.2) is 4.98 Å². The molecular formula is C33H29N3O4S2. The third kappa shape index (κ3) is 6.82. The highest BCUT2D eigenvalue weighted by atomic mass is 32.2. The summed E-state index contributed by atoms with van der Waals surface area (Å²) in [6.45, 7) is 1.91. The molecule has 0 aliphatic carbocycles. The van der Waals surface area contributed by atoms with E-state index in [1.807, 2.05) is 103 Å². The molecule has 1 unspecified atom stereocenters. The number of thiazole rings is 1. The predicted molar refractivity (Wildman–Crippen MR) is 170 cm³/mol. The van der Waals surface area contributed by atoms with Gasteiger partial charge in [0.15, 0.2) is 16.6 Å². The second kappa shape index (κ2) is 13.4. The van der Waals surface area contributed by atoms with Crippen LogP contribution < -0.4 is 20.1 Å². The van der Waals surface area contributed by atoms with E-state index < -0.39 is 5.25 Å². The van der Waals surface area contributed by atoms with Crippen LogP contribution in [-0.4, -0.2) is 31.0 Å². The van der Waals surface area contributed by atoms with Crippen LogP contribution in [0.4, 0.5) is 10.8 Å². The quantitative estimate of drug-likeness (QED) is 0.160. The standard InChI is InChI=1S/C33H29N3O4S2/c1-21-10-7-8-15-26(21)31(37)34-24-13-9-14-25(19-24)42-30(22-11-5-4-6-12-22)32(38)36-33-35-27(20-41-33)23-16-17-28(39-2)29(18-23)40-3/h4-20,30H,1-3H3,(H,34,37)(H,35,36,38). The van der Waals surface area contributed by atoms with Gasteiger partial charge in [0.2, 0.25) is 5.91 Å². The minimum atomic E-state index is -0.554. The molecule has 2 amide bonds. The van der Waals surface area contributed by atoms with Gasteiger partial charge in [-0.3, -0.25) is 9.59 Å². The van der Waals surface area contributed by atoms with Gasteiger partial charge in [-0.05, 0) is 60.5 Å². The summed E-state index contributed by atoms with van der Waals surface area (Å²) in [7, 11) is 3.18. The zero-order chi connectivity index (χ0) is 29.5. The number of carbonyl (C=O) groups is 2. The third-order valence-corrected chi connectivity index (χ3v) is 8.50. The highest BCUT2D eigenvalue weighted by molar-refractivity contribution is 8.00. The first-order valence-electron chi connectivity index (χ1n) is 13.1. The van der Waals surface area contributed by atoms with Crippen LogP contribution in [0.5, 0.6) is 11.5 Å². The lowest BCUT2D eigenvalue weighted by molar-refractivity contribution is -0.115. The van der Waals surface area contributed by atoms with Crippen molar-refractivity contribution in [3.63, 3.8) is 0 Å². The molecule has 5 rings (SSSR count). The molecule has 0 fully saturated rings. The summed E-state index contributed by atoms with van der Waals surface area (Å²) < 4.78 is 10.7. The van der Waals surface area contributed by atoms with Gasteiger partial charge >= 0.3 is 0 Å². The molecule has 0 saturated carbocycles. The molecule has 0 radical (unpaired) electrons. The van der Waals surface area contributed by atoms with E-state index >= 15 is 0 Å². The van der Waals surface area contributed by atoms with Crippen molar-refractivity contribution < 1.29 is 19.1 Å². The van der Waals surface area contributed by atoms with Crippen LogP contribution in [0.25, 0.3) is 11.3 Å². The lowest BCUT2D eigenvalue weighted by Crippen LogP contribution is -2.19. The maximum Gasteiger partial charge on any atom is 0.255 e. The zero-order valence-corrected chi connectivity index (χ0v) is 24.9. The Balaban J connectivity index is 1.34. The van der Waals surface area contributed by atoms with E-state index in [1.165, 1.54) is 23.1 Å². The lowest BCUT2D eigenvalue weighted by atomic mass is 10.1. The number of methoxy groups -OCH3 is 2. The number of anilines is 2. The van der Waals surface area contributed by atoms with E-state index in [1.54, 1.807) is 20.3 Å². The Bertz CT molecular complexity index is 1700. The molecule has 2 N–H and O–H groups in total. The van der Waals surface area contributed by atoms with Crippen LogP contribution in [0.3, 0.4) is 0 Å². The van der Waals surface area contributed by atoms with Crippen molar-refractivity contribution >= 4 is 45.7 Å². The molecule has 212 valence electrons. The molecule has 0 spiro atoms. The molecule has 0 aliphatic heterocycles. The molecule has 1 heterocycles. The third-order valence-electron chi connectivity index (χ3n) is 6.49. The van der Waals surface area contributed by atoms with E-state index in [9.17, 15) is 9.59 Å². The average molecular weight is 596 g/mol. The Labute approximate surface area is 252 Å². The van der Waals surface area contributed by atoms with Crippen molar-refractivity contribution in [3.8, 4) is 22.8 Å². The lowest BCUT2D eigenvalue weighted by Gasteiger charge is -2.17. The molecule has 4 aromatic carbocycles. The number of amides is 2. The summed E-state index contributed by atoms with van der Waals surface area (Å²) in [6.07, 6.45) is 0. The van der Waals surface area contributed by atoms with Gasteiger partial charge in [-0.1, -0.05) is 54.6 Å². The summed E-state index contributed by atoms with van der Waals surface area (Å²) >= 11 is 2.76. The number of rotatable bonds is 10. The molecule has 5 aromatic rings. The van der Waals surface area contributed by atoms with Crippen molar-refractivity contribution in [2.45, 2.75) is 17.1 Å². The number of carbonyl (C=O) groups excluding carboxylic acids is 2. The second-order valence-electron chi connectivity index (χ2n) is 9.30. The topological polar surface area (TPSA) is 89.6 Å². The molecule has 1 aromatic heterocycles. The second-order valence-corrected chi connectivity index (χ2v) is 11.3. The average Bonchev–Trinajstić information content (AvgIpc) is 3.48. The molecule has 9 heteroatoms. The summed E-state index contributed by atoms with van der Waals surface area (Å²) in [4.78, 5) is 32.0. The number of aromatic nitrogens is 1. The first kappa shape index (κ1) is 28.9. The fourth-order valence-corrected chi connectivity index (χ4v) is 6.15. The predicted octanol–water partition coefficient (Wildman–Crippen LogP) is 7.86. The number of thioether (sulfide) groups is 1. The summed E-state index contributed by atoms with van der Waals surface area (Å²) in [5.41, 5.74) is 4.59. The first-order valence-corrected chi connectivity index (χ1v) is 14.9. The molecule has 0 bridgehead atoms. The number of ether oxygens (including phenoxy) is 2. The van der Waals surface area contributed by atoms with Gasteiger partial charge in [-0.15, -0.1) is 23.1 Å². The Morgan fingerprint density at radius 2 is 1.60 bits per heavy atom. The summed E-state index contributed by atoms with van der Waals surface area (Å²) in [5.74, 6) is 0.855. The summed E-state index contributed by atoms with van der Waals surface area (Å²) in [5, 5.41) is 7.80. The number of hydrogen-bond acceptors (Lipinski definition) is 7. The van der Waals surface area contributed by atoms with E-state index in [0.29, 0.717) is 27.9 Å². The largest absolute Gasteiger partial charge is 0.493 e. The van der Waals surface area contributed by atoms with Crippen LogP contribution >= 0.6 is 23.1 Å². The van der Waals surface area contributed by atoms with E-state index in [2.05, 4.69) is 15.6 Å². The van der Waals surface area contributed by atoms with Crippen LogP contribution in [-0.2, 0) is 4.79 Å². The van der Waals surface area contributed by atoms with E-state index in [4.69, 9.17) is 9.47 Å². The Kier molecular flexibility index (Phi) is 9.21. The monoisotopic (exact) mass is 595 g/mol. The number of hydrogen-bond donors (Lipinski definition) is 2. The molecule has 7 nitrogen and oxygen atoms in total. The maximum absolute atomic E-state index is 13.7. The highest BCUT2D eigenvalue weighted by Gasteiger charge is 2.24. The van der Waals surface area contributed by atoms with Gasteiger partial charge in [0.05, 0.1) is 19.9 Å². The molecule has 1 atom stereocenters. The minimum Gasteiger partial charge on any atom is -0.493 e. The smallest absolute Gasteiger partial charge is 0.255 e. The molecule has 0 saturated heterocycles. The Morgan fingerprint density at radius 1 is 0.833 bits per heavy atom. The van der Waals surface area contributed by atoms with Crippen molar-refractivity contribution in [1.82, 2.24) is 4.98 Å². The molecule has 42 heavy (non-hydrogen) atoms. The van der Waals surface area contributed by atoms with Gasteiger partial charge < -0.3 is 20.1 Å². The number of benzene rings is 4. The van der Waals surface area contributed by atoms with E-state index in [-0.39, 0.29) is 11.8 Å². The first-order chi connectivity index (χ1) is 20.4.